The number of nitrogens with zero attached hydrogens (tertiary/aromatic N) is 1. The Morgan fingerprint density at radius 1 is 1.60 bits per heavy atom. The van der Waals surface area contributed by atoms with Gasteiger partial charge in [-0.3, -0.25) is 9.69 Å². The van der Waals surface area contributed by atoms with Gasteiger partial charge in [0.05, 0.1) is 12.6 Å². The molecule has 0 aliphatic rings. The summed E-state index contributed by atoms with van der Waals surface area (Å²) in [6.07, 6.45) is 2.80. The third-order valence-electron chi connectivity index (χ3n) is 2.24. The quantitative estimate of drug-likeness (QED) is 0.578. The number of aliphatic hydroxyl groups excluding tert-OH is 1. The molecule has 0 spiro atoms. The van der Waals surface area contributed by atoms with Crippen LogP contribution < -0.4 is 5.73 Å². The minimum Gasteiger partial charge on any atom is -0.392 e. The van der Waals surface area contributed by atoms with E-state index in [0.717, 1.165) is 6.42 Å². The molecule has 0 aromatic rings. The van der Waals surface area contributed by atoms with Gasteiger partial charge in [0.15, 0.2) is 0 Å². The van der Waals surface area contributed by atoms with Gasteiger partial charge in [-0.15, -0.1) is 6.58 Å². The number of carbonyl (C=O) groups is 1. The molecule has 1 amide bonds. The Kier molecular flexibility index (Phi) is 6.99. The van der Waals surface area contributed by atoms with Gasteiger partial charge in [0.25, 0.3) is 0 Å². The topological polar surface area (TPSA) is 66.6 Å². The fourth-order valence-electron chi connectivity index (χ4n) is 1.33. The zero-order valence-corrected chi connectivity index (χ0v) is 9.65. The van der Waals surface area contributed by atoms with Crippen LogP contribution in [0.3, 0.4) is 0 Å². The number of nitrogens with two attached hydrogens (primary N) is 1. The van der Waals surface area contributed by atoms with Crippen LogP contribution in [0.5, 0.6) is 0 Å². The Morgan fingerprint density at radius 2 is 2.20 bits per heavy atom. The lowest BCUT2D eigenvalue weighted by atomic mass is 10.1. The lowest BCUT2D eigenvalue weighted by molar-refractivity contribution is -0.119. The Bertz CT molecular complexity index is 205. The first kappa shape index (κ1) is 14.1. The molecule has 0 bridgehead atoms. The third-order valence-corrected chi connectivity index (χ3v) is 2.24. The number of hydrogen-bond acceptors (Lipinski definition) is 3. The molecule has 0 fully saturated rings. The SMILES string of the molecule is C=CCCC(O)CN(CC(N)=O)C(C)C. The van der Waals surface area contributed by atoms with Gasteiger partial charge >= 0.3 is 0 Å². The van der Waals surface area contributed by atoms with Crippen molar-refractivity contribution in [2.24, 2.45) is 5.73 Å². The average molecular weight is 214 g/mol. The molecule has 0 aliphatic carbocycles. The first-order valence-corrected chi connectivity index (χ1v) is 5.28. The van der Waals surface area contributed by atoms with Gasteiger partial charge in [0, 0.05) is 12.6 Å². The van der Waals surface area contributed by atoms with Gasteiger partial charge < -0.3 is 10.8 Å². The van der Waals surface area contributed by atoms with E-state index < -0.39 is 6.10 Å². The summed E-state index contributed by atoms with van der Waals surface area (Å²) < 4.78 is 0. The molecule has 0 heterocycles. The minimum atomic E-state index is -0.426. The maximum Gasteiger partial charge on any atom is 0.231 e. The van der Waals surface area contributed by atoms with E-state index in [0.29, 0.717) is 13.0 Å². The second-order valence-electron chi connectivity index (χ2n) is 4.01. The number of allylic oxidation sites excluding steroid dienone is 1. The van der Waals surface area contributed by atoms with Gasteiger partial charge in [0.1, 0.15) is 0 Å². The van der Waals surface area contributed by atoms with E-state index in [2.05, 4.69) is 6.58 Å². The highest BCUT2D eigenvalue weighted by atomic mass is 16.3. The molecule has 1 atom stereocenters. The van der Waals surface area contributed by atoms with Crippen molar-refractivity contribution in [3.63, 3.8) is 0 Å². The molecule has 0 saturated carbocycles. The zero-order valence-electron chi connectivity index (χ0n) is 9.65. The fourth-order valence-corrected chi connectivity index (χ4v) is 1.33. The van der Waals surface area contributed by atoms with Crippen molar-refractivity contribution in [2.75, 3.05) is 13.1 Å². The molecule has 0 aromatic carbocycles. The zero-order chi connectivity index (χ0) is 11.8. The monoisotopic (exact) mass is 214 g/mol. The van der Waals surface area contributed by atoms with E-state index in [1.165, 1.54) is 0 Å². The molecule has 4 heteroatoms. The van der Waals surface area contributed by atoms with E-state index in [1.54, 1.807) is 6.08 Å². The number of primary amides is 1. The van der Waals surface area contributed by atoms with Gasteiger partial charge in [0.2, 0.25) is 5.91 Å². The molecule has 4 nitrogen and oxygen atoms in total. The van der Waals surface area contributed by atoms with Crippen molar-refractivity contribution in [3.8, 4) is 0 Å². The van der Waals surface area contributed by atoms with Crippen molar-refractivity contribution in [1.29, 1.82) is 0 Å². The van der Waals surface area contributed by atoms with Gasteiger partial charge in [-0.2, -0.15) is 0 Å². The van der Waals surface area contributed by atoms with E-state index in [1.807, 2.05) is 18.7 Å². The van der Waals surface area contributed by atoms with Crippen LogP contribution in [0, 0.1) is 0 Å². The highest BCUT2D eigenvalue weighted by Gasteiger charge is 2.15. The molecule has 88 valence electrons. The molecule has 0 rings (SSSR count). The number of aliphatic hydroxyl groups is 1. The Hall–Kier alpha value is -0.870. The molecule has 3 N–H and O–H groups in total. The molecule has 1 unspecified atom stereocenters. The maximum absolute atomic E-state index is 10.8. The molecule has 0 aliphatic heterocycles. The summed E-state index contributed by atoms with van der Waals surface area (Å²) in [7, 11) is 0. The van der Waals surface area contributed by atoms with Crippen molar-refractivity contribution in [2.45, 2.75) is 38.8 Å². The normalized spacial score (nSPS) is 13.1. The second-order valence-corrected chi connectivity index (χ2v) is 4.01. The van der Waals surface area contributed by atoms with Crippen LogP contribution in [-0.4, -0.2) is 41.1 Å². The van der Waals surface area contributed by atoms with Crippen LogP contribution in [-0.2, 0) is 4.79 Å². The van der Waals surface area contributed by atoms with Gasteiger partial charge in [-0.25, -0.2) is 0 Å². The summed E-state index contributed by atoms with van der Waals surface area (Å²) in [6, 6.07) is 0.205. The number of hydrogen-bond donors (Lipinski definition) is 2. The summed E-state index contributed by atoms with van der Waals surface area (Å²) in [4.78, 5) is 12.7. The highest BCUT2D eigenvalue weighted by Crippen LogP contribution is 2.04. The second kappa shape index (κ2) is 7.43. The molecular formula is C11H22N2O2. The largest absolute Gasteiger partial charge is 0.392 e. The molecule has 0 saturated heterocycles. The van der Waals surface area contributed by atoms with E-state index >= 15 is 0 Å². The summed E-state index contributed by atoms with van der Waals surface area (Å²) in [5.74, 6) is -0.361. The fraction of sp³-hybridized carbons (Fsp3) is 0.727. The molecular weight excluding hydrogens is 192 g/mol. The predicted molar refractivity (Wildman–Crippen MR) is 61.3 cm³/mol. The van der Waals surface area contributed by atoms with E-state index in [9.17, 15) is 9.90 Å². The highest BCUT2D eigenvalue weighted by molar-refractivity contribution is 5.75. The number of carbonyl (C=O) groups excluding carboxylic acids is 1. The van der Waals surface area contributed by atoms with Crippen LogP contribution in [0.4, 0.5) is 0 Å². The van der Waals surface area contributed by atoms with Gasteiger partial charge in [-0.1, -0.05) is 6.08 Å². The maximum atomic E-state index is 10.8. The van der Waals surface area contributed by atoms with E-state index in [4.69, 9.17) is 5.73 Å². The number of rotatable bonds is 8. The number of amides is 1. The van der Waals surface area contributed by atoms with Crippen molar-refractivity contribution in [1.82, 2.24) is 4.90 Å². The van der Waals surface area contributed by atoms with Crippen molar-refractivity contribution < 1.29 is 9.90 Å². The Morgan fingerprint density at radius 3 is 2.60 bits per heavy atom. The predicted octanol–water partition coefficient (Wildman–Crippen LogP) is 0.509. The standard InChI is InChI=1S/C11H22N2O2/c1-4-5-6-10(14)7-13(9(2)3)8-11(12)15/h4,9-10,14H,1,5-8H2,2-3H3,(H2,12,15). The summed E-state index contributed by atoms with van der Waals surface area (Å²) in [6.45, 7) is 8.23. The van der Waals surface area contributed by atoms with E-state index in [-0.39, 0.29) is 18.5 Å². The Labute approximate surface area is 91.8 Å². The summed E-state index contributed by atoms with van der Waals surface area (Å²) in [5, 5.41) is 9.67. The third kappa shape index (κ3) is 7.11. The summed E-state index contributed by atoms with van der Waals surface area (Å²) >= 11 is 0. The summed E-state index contributed by atoms with van der Waals surface area (Å²) in [5.41, 5.74) is 5.13. The lowest BCUT2D eigenvalue weighted by Gasteiger charge is -2.27. The molecule has 15 heavy (non-hydrogen) atoms. The molecule has 0 aromatic heterocycles. The van der Waals surface area contributed by atoms with Crippen LogP contribution >= 0.6 is 0 Å². The van der Waals surface area contributed by atoms with Crippen LogP contribution in [0.15, 0.2) is 12.7 Å². The smallest absolute Gasteiger partial charge is 0.231 e. The Balaban J connectivity index is 4.03. The van der Waals surface area contributed by atoms with Crippen molar-refractivity contribution in [3.05, 3.63) is 12.7 Å². The average Bonchev–Trinajstić information content (AvgIpc) is 2.12. The minimum absolute atomic E-state index is 0.197. The van der Waals surface area contributed by atoms with Crippen LogP contribution in [0.25, 0.3) is 0 Å². The first-order valence-electron chi connectivity index (χ1n) is 5.28. The first-order chi connectivity index (χ1) is 6.97. The van der Waals surface area contributed by atoms with Crippen LogP contribution in [0.2, 0.25) is 0 Å². The van der Waals surface area contributed by atoms with Crippen LogP contribution in [0.1, 0.15) is 26.7 Å². The van der Waals surface area contributed by atoms with Gasteiger partial charge in [-0.05, 0) is 26.7 Å². The van der Waals surface area contributed by atoms with Crippen molar-refractivity contribution >= 4 is 5.91 Å². The lowest BCUT2D eigenvalue weighted by Crippen LogP contribution is -2.42. The molecule has 0 radical (unpaired) electrons.